The Kier molecular flexibility index (Phi) is 5.27. The topological polar surface area (TPSA) is 20.2 Å². The Morgan fingerprint density at radius 2 is 2.06 bits per heavy atom. The Labute approximate surface area is 100 Å². The molecule has 0 aromatic rings. The lowest BCUT2D eigenvalue weighted by atomic mass is 9.76. The first kappa shape index (κ1) is 13.5. The summed E-state index contributed by atoms with van der Waals surface area (Å²) in [4.78, 5) is 0. The monoisotopic (exact) mass is 222 g/mol. The second-order valence-corrected chi connectivity index (χ2v) is 5.32. The summed E-state index contributed by atoms with van der Waals surface area (Å²) in [6, 6.07) is 0. The molecule has 0 amide bonds. The van der Waals surface area contributed by atoms with Crippen LogP contribution >= 0.6 is 0 Å². The highest BCUT2D eigenvalue weighted by Gasteiger charge is 2.22. The van der Waals surface area contributed by atoms with E-state index in [1.54, 1.807) is 11.1 Å². The molecule has 0 spiro atoms. The van der Waals surface area contributed by atoms with E-state index in [1.165, 1.54) is 19.3 Å². The maximum Gasteiger partial charge on any atom is 0.0639 e. The van der Waals surface area contributed by atoms with Gasteiger partial charge in [-0.15, -0.1) is 0 Å². The smallest absolute Gasteiger partial charge is 0.0639 e. The fourth-order valence-electron chi connectivity index (χ4n) is 2.57. The van der Waals surface area contributed by atoms with Gasteiger partial charge >= 0.3 is 0 Å². The Morgan fingerprint density at radius 3 is 2.62 bits per heavy atom. The highest BCUT2D eigenvalue weighted by atomic mass is 16.3. The van der Waals surface area contributed by atoms with Crippen molar-refractivity contribution in [3.05, 3.63) is 22.8 Å². The number of hydrogen-bond acceptors (Lipinski definition) is 1. The van der Waals surface area contributed by atoms with Crippen LogP contribution in [0.1, 0.15) is 53.4 Å². The van der Waals surface area contributed by atoms with Crippen LogP contribution in [0.25, 0.3) is 0 Å². The van der Waals surface area contributed by atoms with Crippen LogP contribution in [0, 0.1) is 11.8 Å². The van der Waals surface area contributed by atoms with Crippen molar-refractivity contribution in [2.75, 3.05) is 6.61 Å². The normalized spacial score (nSPS) is 30.4. The Morgan fingerprint density at radius 1 is 1.38 bits per heavy atom. The first-order valence-corrected chi connectivity index (χ1v) is 6.55. The first-order chi connectivity index (χ1) is 7.58. The molecule has 0 radical (unpaired) electrons. The summed E-state index contributed by atoms with van der Waals surface area (Å²) < 4.78 is 0. The van der Waals surface area contributed by atoms with E-state index in [0.717, 1.165) is 17.9 Å². The van der Waals surface area contributed by atoms with Gasteiger partial charge < -0.3 is 5.11 Å². The minimum Gasteiger partial charge on any atom is -0.392 e. The largest absolute Gasteiger partial charge is 0.392 e. The van der Waals surface area contributed by atoms with Crippen molar-refractivity contribution >= 4 is 0 Å². The first-order valence-electron chi connectivity index (χ1n) is 6.55. The van der Waals surface area contributed by atoms with E-state index < -0.39 is 0 Å². The number of aliphatic hydroxyl groups excluding tert-OH is 1. The van der Waals surface area contributed by atoms with Crippen LogP contribution in [-0.2, 0) is 0 Å². The summed E-state index contributed by atoms with van der Waals surface area (Å²) >= 11 is 0. The average molecular weight is 222 g/mol. The second kappa shape index (κ2) is 6.24. The van der Waals surface area contributed by atoms with E-state index in [1.807, 2.05) is 6.92 Å². The highest BCUT2D eigenvalue weighted by Crippen LogP contribution is 2.37. The summed E-state index contributed by atoms with van der Waals surface area (Å²) in [5.74, 6) is 1.42. The van der Waals surface area contributed by atoms with Gasteiger partial charge in [0.1, 0.15) is 0 Å². The van der Waals surface area contributed by atoms with Crippen LogP contribution in [0.3, 0.4) is 0 Å². The third-order valence-corrected chi connectivity index (χ3v) is 3.80. The lowest BCUT2D eigenvalue weighted by molar-refractivity contribution is 0.328. The quantitative estimate of drug-likeness (QED) is 0.713. The zero-order valence-corrected chi connectivity index (χ0v) is 11.2. The van der Waals surface area contributed by atoms with Gasteiger partial charge in [0, 0.05) is 0 Å². The van der Waals surface area contributed by atoms with Crippen molar-refractivity contribution in [2.45, 2.75) is 53.4 Å². The van der Waals surface area contributed by atoms with E-state index in [0.29, 0.717) is 5.92 Å². The van der Waals surface area contributed by atoms with Crippen molar-refractivity contribution < 1.29 is 5.11 Å². The van der Waals surface area contributed by atoms with Gasteiger partial charge in [-0.3, -0.25) is 0 Å². The molecule has 1 heteroatoms. The summed E-state index contributed by atoms with van der Waals surface area (Å²) in [5.41, 5.74) is 4.30. The molecule has 0 unspecified atom stereocenters. The molecule has 0 heterocycles. The van der Waals surface area contributed by atoms with Crippen molar-refractivity contribution in [3.8, 4) is 0 Å². The standard InChI is InChI=1S/C15H26O/c1-5-13(4)15-9-11(2)6-7-14(15)8-12(3)10-16/h8,11,14,16H,5-7,9-10H2,1-4H3/b12-8+,15-13+/t11-,14+/m1/s1. The fourth-order valence-corrected chi connectivity index (χ4v) is 2.57. The van der Waals surface area contributed by atoms with E-state index in [2.05, 4.69) is 26.8 Å². The third kappa shape index (κ3) is 3.48. The van der Waals surface area contributed by atoms with E-state index in [-0.39, 0.29) is 6.61 Å². The molecule has 1 rings (SSSR count). The molecule has 0 aromatic heterocycles. The van der Waals surface area contributed by atoms with E-state index >= 15 is 0 Å². The molecular formula is C15H26O. The number of hydrogen-bond donors (Lipinski definition) is 1. The SMILES string of the molecule is CC/C(C)=C1\C[C@H](C)CC[C@H]1/C=C(\C)CO. The third-order valence-electron chi connectivity index (χ3n) is 3.80. The van der Waals surface area contributed by atoms with Crippen LogP contribution in [-0.4, -0.2) is 11.7 Å². The van der Waals surface area contributed by atoms with Crippen molar-refractivity contribution in [1.29, 1.82) is 0 Å². The zero-order valence-electron chi connectivity index (χ0n) is 11.2. The van der Waals surface area contributed by atoms with Crippen LogP contribution in [0.5, 0.6) is 0 Å². The van der Waals surface area contributed by atoms with Crippen molar-refractivity contribution in [2.24, 2.45) is 11.8 Å². The number of rotatable bonds is 3. The van der Waals surface area contributed by atoms with Crippen molar-refractivity contribution in [1.82, 2.24) is 0 Å². The molecule has 1 aliphatic carbocycles. The molecule has 1 aliphatic rings. The molecule has 1 fully saturated rings. The van der Waals surface area contributed by atoms with Gasteiger partial charge in [-0.25, -0.2) is 0 Å². The lowest BCUT2D eigenvalue weighted by Gasteiger charge is -2.30. The van der Waals surface area contributed by atoms with Crippen LogP contribution in [0.2, 0.25) is 0 Å². The predicted octanol–water partition coefficient (Wildman–Crippen LogP) is 4.09. The van der Waals surface area contributed by atoms with Gasteiger partial charge in [0.25, 0.3) is 0 Å². The minimum absolute atomic E-state index is 0.199. The summed E-state index contributed by atoms with van der Waals surface area (Å²) in [6.07, 6.45) is 7.26. The maximum atomic E-state index is 9.12. The predicted molar refractivity (Wildman–Crippen MR) is 70.3 cm³/mol. The summed E-state index contributed by atoms with van der Waals surface area (Å²) in [5, 5.41) is 9.12. The average Bonchev–Trinajstić information content (AvgIpc) is 2.30. The van der Waals surface area contributed by atoms with Crippen LogP contribution < -0.4 is 0 Å². The molecule has 0 aromatic carbocycles. The van der Waals surface area contributed by atoms with Crippen molar-refractivity contribution in [3.63, 3.8) is 0 Å². The van der Waals surface area contributed by atoms with Crippen LogP contribution in [0.4, 0.5) is 0 Å². The Balaban J connectivity index is 2.89. The molecule has 0 bridgehead atoms. The number of allylic oxidation sites excluding steroid dienone is 3. The second-order valence-electron chi connectivity index (χ2n) is 5.32. The molecule has 16 heavy (non-hydrogen) atoms. The van der Waals surface area contributed by atoms with Gasteiger partial charge in [0.15, 0.2) is 0 Å². The zero-order chi connectivity index (χ0) is 12.1. The van der Waals surface area contributed by atoms with Gasteiger partial charge in [0.2, 0.25) is 0 Å². The van der Waals surface area contributed by atoms with Gasteiger partial charge in [-0.05, 0) is 51.4 Å². The molecule has 0 aliphatic heterocycles. The van der Waals surface area contributed by atoms with Gasteiger partial charge in [-0.1, -0.05) is 36.6 Å². The van der Waals surface area contributed by atoms with Crippen LogP contribution in [0.15, 0.2) is 22.8 Å². The fraction of sp³-hybridized carbons (Fsp3) is 0.733. The summed E-state index contributed by atoms with van der Waals surface area (Å²) in [6.45, 7) is 9.08. The van der Waals surface area contributed by atoms with E-state index in [9.17, 15) is 0 Å². The summed E-state index contributed by atoms with van der Waals surface area (Å²) in [7, 11) is 0. The van der Waals surface area contributed by atoms with Gasteiger partial charge in [0.05, 0.1) is 6.61 Å². The maximum absolute atomic E-state index is 9.12. The Hall–Kier alpha value is -0.560. The molecule has 1 saturated carbocycles. The lowest BCUT2D eigenvalue weighted by Crippen LogP contribution is -2.16. The molecule has 1 N–H and O–H groups in total. The molecule has 92 valence electrons. The number of aliphatic hydroxyl groups is 1. The van der Waals surface area contributed by atoms with E-state index in [4.69, 9.17) is 5.11 Å². The molecule has 0 saturated heterocycles. The Bertz CT molecular complexity index is 286. The van der Waals surface area contributed by atoms with Gasteiger partial charge in [-0.2, -0.15) is 0 Å². The molecule has 2 atom stereocenters. The minimum atomic E-state index is 0.199. The molecular weight excluding hydrogens is 196 g/mol. The highest BCUT2D eigenvalue weighted by molar-refractivity contribution is 5.23. The molecule has 1 nitrogen and oxygen atoms in total.